The molecule has 1 aromatic rings. The van der Waals surface area contributed by atoms with Gasteiger partial charge in [0.15, 0.2) is 0 Å². The molecule has 0 spiro atoms. The second-order valence-corrected chi connectivity index (χ2v) is 3.90. The average Bonchev–Trinajstić information content (AvgIpc) is 2.28. The molecule has 0 amide bonds. The maximum Gasteiger partial charge on any atom is 0.419 e. The molecule has 0 bridgehead atoms. The fourth-order valence-electron chi connectivity index (χ4n) is 1.54. The molecule has 1 nitrogen and oxygen atoms in total. The van der Waals surface area contributed by atoms with Crippen molar-refractivity contribution in [1.82, 2.24) is 0 Å². The highest BCUT2D eigenvalue weighted by atomic mass is 19.4. The molecule has 4 heteroatoms. The van der Waals surface area contributed by atoms with E-state index in [-0.39, 0.29) is 5.75 Å². The Morgan fingerprint density at radius 3 is 2.41 bits per heavy atom. The van der Waals surface area contributed by atoms with Crippen LogP contribution in [0.4, 0.5) is 13.2 Å². The summed E-state index contributed by atoms with van der Waals surface area (Å²) in [6, 6.07) is 5.33. The lowest BCUT2D eigenvalue weighted by Crippen LogP contribution is -2.09. The summed E-state index contributed by atoms with van der Waals surface area (Å²) < 4.78 is 43.0. The Bertz CT molecular complexity index is 334. The molecular formula is C13H17F3O. The van der Waals surface area contributed by atoms with Gasteiger partial charge in [-0.2, -0.15) is 13.2 Å². The van der Waals surface area contributed by atoms with Crippen LogP contribution in [0.1, 0.15) is 38.2 Å². The Morgan fingerprint density at radius 1 is 1.06 bits per heavy atom. The van der Waals surface area contributed by atoms with E-state index in [0.29, 0.717) is 6.61 Å². The first-order valence-electron chi connectivity index (χ1n) is 5.84. The van der Waals surface area contributed by atoms with Crippen LogP contribution in [0.3, 0.4) is 0 Å². The predicted molar refractivity (Wildman–Crippen MR) is 61.1 cm³/mol. The molecule has 0 saturated heterocycles. The van der Waals surface area contributed by atoms with Gasteiger partial charge in [0.05, 0.1) is 12.2 Å². The number of ether oxygens (including phenoxy) is 1. The van der Waals surface area contributed by atoms with Crippen molar-refractivity contribution in [3.63, 3.8) is 0 Å². The second kappa shape index (κ2) is 6.52. The van der Waals surface area contributed by atoms with Crippen molar-refractivity contribution in [2.24, 2.45) is 0 Å². The molecule has 17 heavy (non-hydrogen) atoms. The minimum absolute atomic E-state index is 0.0727. The molecule has 1 rings (SSSR count). The van der Waals surface area contributed by atoms with Crippen molar-refractivity contribution < 1.29 is 17.9 Å². The van der Waals surface area contributed by atoms with Crippen LogP contribution in [0.15, 0.2) is 24.3 Å². The molecule has 0 unspecified atom stereocenters. The van der Waals surface area contributed by atoms with Crippen molar-refractivity contribution in [2.45, 2.75) is 38.8 Å². The van der Waals surface area contributed by atoms with Crippen LogP contribution in [0, 0.1) is 0 Å². The normalized spacial score (nSPS) is 11.5. The molecular weight excluding hydrogens is 229 g/mol. The van der Waals surface area contributed by atoms with Gasteiger partial charge in [-0.25, -0.2) is 0 Å². The first-order chi connectivity index (χ1) is 8.05. The van der Waals surface area contributed by atoms with E-state index in [1.54, 1.807) is 6.07 Å². The highest BCUT2D eigenvalue weighted by Crippen LogP contribution is 2.35. The minimum Gasteiger partial charge on any atom is -0.493 e. The van der Waals surface area contributed by atoms with E-state index in [1.807, 2.05) is 0 Å². The molecule has 0 aliphatic heterocycles. The fraction of sp³-hybridized carbons (Fsp3) is 0.538. The van der Waals surface area contributed by atoms with E-state index >= 15 is 0 Å². The summed E-state index contributed by atoms with van der Waals surface area (Å²) in [7, 11) is 0. The molecule has 0 atom stereocenters. The van der Waals surface area contributed by atoms with Gasteiger partial charge in [0.1, 0.15) is 5.75 Å². The highest BCUT2D eigenvalue weighted by Gasteiger charge is 2.33. The van der Waals surface area contributed by atoms with E-state index in [0.717, 1.165) is 31.7 Å². The van der Waals surface area contributed by atoms with Crippen molar-refractivity contribution in [1.29, 1.82) is 0 Å². The quantitative estimate of drug-likeness (QED) is 0.663. The number of halogens is 3. The van der Waals surface area contributed by atoms with Crippen LogP contribution in [0.5, 0.6) is 5.75 Å². The minimum atomic E-state index is -4.35. The Kier molecular flexibility index (Phi) is 5.32. The van der Waals surface area contributed by atoms with Crippen LogP contribution in [0.2, 0.25) is 0 Å². The van der Waals surface area contributed by atoms with Gasteiger partial charge in [0.25, 0.3) is 0 Å². The van der Waals surface area contributed by atoms with Gasteiger partial charge < -0.3 is 4.74 Å². The molecule has 0 saturated carbocycles. The van der Waals surface area contributed by atoms with Crippen LogP contribution in [-0.4, -0.2) is 6.61 Å². The van der Waals surface area contributed by atoms with Gasteiger partial charge in [0, 0.05) is 0 Å². The molecule has 0 aliphatic carbocycles. The maximum absolute atomic E-state index is 12.6. The number of para-hydroxylation sites is 1. The van der Waals surface area contributed by atoms with E-state index in [2.05, 4.69) is 6.92 Å². The molecule has 0 heterocycles. The number of hydrogen-bond donors (Lipinski definition) is 0. The van der Waals surface area contributed by atoms with E-state index in [1.165, 1.54) is 12.1 Å². The summed E-state index contributed by atoms with van der Waals surface area (Å²) in [6.45, 7) is 2.42. The van der Waals surface area contributed by atoms with Crippen LogP contribution in [0.25, 0.3) is 0 Å². The molecule has 1 aromatic carbocycles. The lowest BCUT2D eigenvalue weighted by atomic mass is 10.2. The standard InChI is InChI=1S/C13H17F3O/c1-2-3-4-7-10-17-12-9-6-5-8-11(12)13(14,15)16/h5-6,8-9H,2-4,7,10H2,1H3. The van der Waals surface area contributed by atoms with Gasteiger partial charge in [0.2, 0.25) is 0 Å². The average molecular weight is 246 g/mol. The largest absolute Gasteiger partial charge is 0.493 e. The fourth-order valence-corrected chi connectivity index (χ4v) is 1.54. The zero-order valence-corrected chi connectivity index (χ0v) is 9.89. The highest BCUT2D eigenvalue weighted by molar-refractivity contribution is 5.35. The summed E-state index contributed by atoms with van der Waals surface area (Å²) in [5.41, 5.74) is -0.699. The first-order valence-corrected chi connectivity index (χ1v) is 5.84. The third kappa shape index (κ3) is 4.67. The zero-order chi connectivity index (χ0) is 12.7. The zero-order valence-electron chi connectivity index (χ0n) is 9.89. The monoisotopic (exact) mass is 246 g/mol. The smallest absolute Gasteiger partial charge is 0.419 e. The Hall–Kier alpha value is -1.19. The van der Waals surface area contributed by atoms with E-state index in [9.17, 15) is 13.2 Å². The number of alkyl halides is 3. The number of rotatable bonds is 6. The summed E-state index contributed by atoms with van der Waals surface area (Å²) in [4.78, 5) is 0. The molecule has 0 aromatic heterocycles. The SMILES string of the molecule is CCCCCCOc1ccccc1C(F)(F)F. The van der Waals surface area contributed by atoms with Gasteiger partial charge in [-0.3, -0.25) is 0 Å². The Balaban J connectivity index is 2.53. The van der Waals surface area contributed by atoms with Gasteiger partial charge in [-0.15, -0.1) is 0 Å². The lowest BCUT2D eigenvalue weighted by molar-refractivity contribution is -0.138. The van der Waals surface area contributed by atoms with Crippen molar-refractivity contribution in [3.8, 4) is 5.75 Å². The lowest BCUT2D eigenvalue weighted by Gasteiger charge is -2.13. The van der Waals surface area contributed by atoms with Crippen LogP contribution in [-0.2, 0) is 6.18 Å². The molecule has 96 valence electrons. The topological polar surface area (TPSA) is 9.23 Å². The number of benzene rings is 1. The summed E-state index contributed by atoms with van der Waals surface area (Å²) in [5.74, 6) is -0.0727. The van der Waals surface area contributed by atoms with Gasteiger partial charge in [-0.05, 0) is 18.6 Å². The van der Waals surface area contributed by atoms with E-state index in [4.69, 9.17) is 4.74 Å². The maximum atomic E-state index is 12.6. The predicted octanol–water partition coefficient (Wildman–Crippen LogP) is 4.66. The number of unbranched alkanes of at least 4 members (excludes halogenated alkanes) is 3. The number of hydrogen-bond acceptors (Lipinski definition) is 1. The van der Waals surface area contributed by atoms with Crippen molar-refractivity contribution in [2.75, 3.05) is 6.61 Å². The Labute approximate surface area is 99.6 Å². The van der Waals surface area contributed by atoms with Crippen LogP contribution >= 0.6 is 0 Å². The molecule has 0 fully saturated rings. The van der Waals surface area contributed by atoms with Crippen LogP contribution < -0.4 is 4.74 Å². The van der Waals surface area contributed by atoms with Crippen molar-refractivity contribution in [3.05, 3.63) is 29.8 Å². The van der Waals surface area contributed by atoms with Crippen molar-refractivity contribution >= 4 is 0 Å². The molecule has 0 radical (unpaired) electrons. The summed E-state index contributed by atoms with van der Waals surface area (Å²) in [6.07, 6.45) is -0.381. The van der Waals surface area contributed by atoms with Gasteiger partial charge >= 0.3 is 6.18 Å². The Morgan fingerprint density at radius 2 is 1.76 bits per heavy atom. The molecule has 0 aliphatic rings. The first kappa shape index (κ1) is 13.9. The van der Waals surface area contributed by atoms with Gasteiger partial charge in [-0.1, -0.05) is 38.3 Å². The summed E-state index contributed by atoms with van der Waals surface area (Å²) >= 11 is 0. The third-order valence-electron chi connectivity index (χ3n) is 2.45. The second-order valence-electron chi connectivity index (χ2n) is 3.90. The molecule has 0 N–H and O–H groups in total. The summed E-state index contributed by atoms with van der Waals surface area (Å²) in [5, 5.41) is 0. The third-order valence-corrected chi connectivity index (χ3v) is 2.45. The van der Waals surface area contributed by atoms with E-state index < -0.39 is 11.7 Å².